The van der Waals surface area contributed by atoms with Gasteiger partial charge >= 0.3 is 0 Å². The Labute approximate surface area is 144 Å². The first-order chi connectivity index (χ1) is 11.4. The van der Waals surface area contributed by atoms with Gasteiger partial charge in [-0.1, -0.05) is 20.3 Å². The van der Waals surface area contributed by atoms with Crippen LogP contribution in [0.5, 0.6) is 0 Å². The van der Waals surface area contributed by atoms with Crippen molar-refractivity contribution < 1.29 is 13.2 Å². The second kappa shape index (κ2) is 6.84. The number of sulfonamides is 1. The van der Waals surface area contributed by atoms with Crippen LogP contribution in [0.15, 0.2) is 29.2 Å². The molecule has 1 heterocycles. The Morgan fingerprint density at radius 1 is 1.08 bits per heavy atom. The van der Waals surface area contributed by atoms with E-state index in [1.807, 2.05) is 0 Å². The summed E-state index contributed by atoms with van der Waals surface area (Å²) in [5, 5.41) is 2.87. The van der Waals surface area contributed by atoms with Gasteiger partial charge in [0.25, 0.3) is 0 Å². The molecule has 1 saturated carbocycles. The summed E-state index contributed by atoms with van der Waals surface area (Å²) >= 11 is 0. The maximum absolute atomic E-state index is 12.8. The van der Waals surface area contributed by atoms with Gasteiger partial charge in [0.1, 0.15) is 0 Å². The first kappa shape index (κ1) is 17.4. The van der Waals surface area contributed by atoms with Crippen LogP contribution >= 0.6 is 0 Å². The highest BCUT2D eigenvalue weighted by Crippen LogP contribution is 2.29. The molecular weight excluding hydrogens is 324 g/mol. The van der Waals surface area contributed by atoms with Gasteiger partial charge in [-0.25, -0.2) is 8.42 Å². The fourth-order valence-electron chi connectivity index (χ4n) is 3.58. The number of carbonyl (C=O) groups is 1. The maximum Gasteiger partial charge on any atom is 0.243 e. The quantitative estimate of drug-likeness (QED) is 0.907. The molecule has 0 spiro atoms. The van der Waals surface area contributed by atoms with Crippen molar-refractivity contribution in [3.63, 3.8) is 0 Å². The summed E-state index contributed by atoms with van der Waals surface area (Å²) in [4.78, 5) is 12.3. The van der Waals surface area contributed by atoms with Crippen molar-refractivity contribution >= 4 is 21.6 Å². The van der Waals surface area contributed by atoms with E-state index in [9.17, 15) is 13.2 Å². The molecule has 2 atom stereocenters. The van der Waals surface area contributed by atoms with Crippen LogP contribution in [0.3, 0.4) is 0 Å². The zero-order valence-corrected chi connectivity index (χ0v) is 15.2. The first-order valence-corrected chi connectivity index (χ1v) is 10.2. The first-order valence-electron chi connectivity index (χ1n) is 8.77. The summed E-state index contributed by atoms with van der Waals surface area (Å²) in [6.07, 6.45) is 4.08. The Hall–Kier alpha value is -1.40. The highest BCUT2D eigenvalue weighted by molar-refractivity contribution is 7.89. The molecule has 1 aliphatic carbocycles. The van der Waals surface area contributed by atoms with Crippen LogP contribution in [-0.4, -0.2) is 31.7 Å². The molecule has 5 nitrogen and oxygen atoms in total. The van der Waals surface area contributed by atoms with Crippen molar-refractivity contribution in [3.8, 4) is 0 Å². The lowest BCUT2D eigenvalue weighted by molar-refractivity contribution is -0.122. The minimum atomic E-state index is -3.46. The number of amides is 1. The summed E-state index contributed by atoms with van der Waals surface area (Å²) in [7, 11) is -3.46. The molecule has 2 fully saturated rings. The monoisotopic (exact) mass is 350 g/mol. The fourth-order valence-corrected chi connectivity index (χ4v) is 5.26. The Morgan fingerprint density at radius 2 is 1.67 bits per heavy atom. The molecule has 0 aromatic heterocycles. The van der Waals surface area contributed by atoms with Gasteiger partial charge in [-0.15, -0.1) is 0 Å². The van der Waals surface area contributed by atoms with E-state index in [2.05, 4.69) is 19.2 Å². The summed E-state index contributed by atoms with van der Waals surface area (Å²) in [6.45, 7) is 5.34. The van der Waals surface area contributed by atoms with Gasteiger partial charge in [0.2, 0.25) is 15.9 Å². The molecule has 0 unspecified atom stereocenters. The topological polar surface area (TPSA) is 66.5 Å². The van der Waals surface area contributed by atoms with Gasteiger partial charge < -0.3 is 5.32 Å². The Morgan fingerprint density at radius 3 is 2.17 bits per heavy atom. The van der Waals surface area contributed by atoms with Crippen molar-refractivity contribution in [2.24, 2.45) is 17.8 Å². The molecule has 6 heteroatoms. The van der Waals surface area contributed by atoms with E-state index in [4.69, 9.17) is 0 Å². The van der Waals surface area contributed by atoms with E-state index in [0.29, 0.717) is 35.5 Å². The molecule has 1 saturated heterocycles. The highest BCUT2D eigenvalue weighted by Gasteiger charge is 2.31. The molecule has 3 rings (SSSR count). The third kappa shape index (κ3) is 3.64. The number of anilines is 1. The Balaban J connectivity index is 1.70. The van der Waals surface area contributed by atoms with Crippen LogP contribution < -0.4 is 5.32 Å². The van der Waals surface area contributed by atoms with E-state index < -0.39 is 10.0 Å². The van der Waals surface area contributed by atoms with Gasteiger partial charge in [-0.2, -0.15) is 4.31 Å². The molecule has 0 radical (unpaired) electrons. The zero-order valence-electron chi connectivity index (χ0n) is 14.4. The van der Waals surface area contributed by atoms with E-state index in [0.717, 1.165) is 25.7 Å². The number of piperidine rings is 1. The Kier molecular flexibility index (Phi) is 4.97. The van der Waals surface area contributed by atoms with Crippen molar-refractivity contribution in [3.05, 3.63) is 24.3 Å². The minimum Gasteiger partial charge on any atom is -0.326 e. The van der Waals surface area contributed by atoms with Gasteiger partial charge in [-0.05, 0) is 55.4 Å². The third-order valence-corrected chi connectivity index (χ3v) is 6.92. The average molecular weight is 350 g/mol. The van der Waals surface area contributed by atoms with Crippen LogP contribution in [0.4, 0.5) is 5.69 Å². The molecule has 1 aromatic rings. The lowest BCUT2D eigenvalue weighted by atomic mass is 9.85. The number of benzene rings is 1. The second-order valence-electron chi connectivity index (χ2n) is 7.41. The second-order valence-corrected chi connectivity index (χ2v) is 9.35. The van der Waals surface area contributed by atoms with Crippen molar-refractivity contribution in [1.29, 1.82) is 0 Å². The lowest BCUT2D eigenvalue weighted by Crippen LogP contribution is -2.42. The van der Waals surface area contributed by atoms with Crippen molar-refractivity contribution in [2.75, 3.05) is 18.4 Å². The summed E-state index contributed by atoms with van der Waals surface area (Å²) in [5.41, 5.74) is 0.659. The molecule has 1 amide bonds. The molecule has 2 aliphatic rings. The van der Waals surface area contributed by atoms with Crippen LogP contribution in [0, 0.1) is 17.8 Å². The van der Waals surface area contributed by atoms with Crippen LogP contribution in [-0.2, 0) is 14.8 Å². The van der Waals surface area contributed by atoms with Crippen molar-refractivity contribution in [1.82, 2.24) is 4.31 Å². The summed E-state index contributed by atoms with van der Waals surface area (Å²) in [6, 6.07) is 6.55. The third-order valence-electron chi connectivity index (χ3n) is 5.07. The minimum absolute atomic E-state index is 0.0375. The Bertz CT molecular complexity index is 685. The molecule has 1 aromatic carbocycles. The summed E-state index contributed by atoms with van der Waals surface area (Å²) in [5.74, 6) is 0.911. The van der Waals surface area contributed by atoms with Crippen LogP contribution in [0.1, 0.15) is 39.5 Å². The zero-order chi connectivity index (χ0) is 17.3. The predicted octanol–water partition coefficient (Wildman–Crippen LogP) is 3.09. The van der Waals surface area contributed by atoms with Gasteiger partial charge in [0.05, 0.1) is 4.90 Å². The largest absolute Gasteiger partial charge is 0.326 e. The fraction of sp³-hybridized carbons (Fsp3) is 0.611. The molecule has 1 N–H and O–H groups in total. The highest BCUT2D eigenvalue weighted by atomic mass is 32.2. The van der Waals surface area contributed by atoms with E-state index >= 15 is 0 Å². The van der Waals surface area contributed by atoms with Crippen LogP contribution in [0.25, 0.3) is 0 Å². The number of hydrogen-bond acceptors (Lipinski definition) is 3. The number of nitrogens with zero attached hydrogens (tertiary/aromatic N) is 1. The van der Waals surface area contributed by atoms with Crippen LogP contribution in [0.2, 0.25) is 0 Å². The number of rotatable bonds is 4. The molecule has 132 valence electrons. The smallest absolute Gasteiger partial charge is 0.243 e. The van der Waals surface area contributed by atoms with E-state index in [1.54, 1.807) is 28.6 Å². The van der Waals surface area contributed by atoms with E-state index in [-0.39, 0.29) is 11.8 Å². The van der Waals surface area contributed by atoms with Gasteiger partial charge in [-0.3, -0.25) is 4.79 Å². The standard InChI is InChI=1S/C18H26N2O3S/c1-13-10-14(2)12-20(11-13)24(22,23)17-8-6-16(7-9-17)19-18(21)15-4-3-5-15/h6-9,13-15H,3-5,10-12H2,1-2H3,(H,19,21)/t13-,14-/m1/s1. The number of nitrogens with one attached hydrogen (secondary N) is 1. The molecule has 24 heavy (non-hydrogen) atoms. The van der Waals surface area contributed by atoms with Gasteiger partial charge in [0.15, 0.2) is 0 Å². The SMILES string of the molecule is C[C@@H]1C[C@@H](C)CN(S(=O)(=O)c2ccc(NC(=O)C3CCC3)cc2)C1. The predicted molar refractivity (Wildman–Crippen MR) is 94.1 cm³/mol. The summed E-state index contributed by atoms with van der Waals surface area (Å²) < 4.78 is 27.2. The van der Waals surface area contributed by atoms with Crippen molar-refractivity contribution in [2.45, 2.75) is 44.4 Å². The number of hydrogen-bond donors (Lipinski definition) is 1. The average Bonchev–Trinajstić information content (AvgIpc) is 2.44. The number of carbonyl (C=O) groups excluding carboxylic acids is 1. The molecular formula is C18H26N2O3S. The molecule has 0 bridgehead atoms. The normalized spacial score (nSPS) is 25.9. The van der Waals surface area contributed by atoms with Gasteiger partial charge in [0, 0.05) is 24.7 Å². The van der Waals surface area contributed by atoms with E-state index in [1.165, 1.54) is 0 Å². The molecule has 1 aliphatic heterocycles. The maximum atomic E-state index is 12.8. The lowest BCUT2D eigenvalue weighted by Gasteiger charge is -2.34.